The molecule has 4 N–H and O–H groups in total. The average molecular weight is 489 g/mol. The maximum absolute atomic E-state index is 13.5. The quantitative estimate of drug-likeness (QED) is 0.264. The summed E-state index contributed by atoms with van der Waals surface area (Å²) in [5.41, 5.74) is 6.27. The number of benzene rings is 1. The molecule has 1 aromatic rings. The SMILES string of the molecule is C#CN(C(=O)C(CC(N)=O)NC(=O)OC(C)(C)C)C(C(=O)NCC(=O)OC)c1cccc(C)c1C. The molecule has 2 unspecified atom stereocenters. The predicted molar refractivity (Wildman–Crippen MR) is 126 cm³/mol. The second-order valence-electron chi connectivity index (χ2n) is 8.69. The molecule has 0 bridgehead atoms. The molecule has 1 rings (SSSR count). The molecule has 1 aromatic carbocycles. The first-order valence-corrected chi connectivity index (χ1v) is 10.7. The monoisotopic (exact) mass is 488 g/mol. The Morgan fingerprint density at radius 1 is 1.17 bits per heavy atom. The number of methoxy groups -OCH3 is 1. The second kappa shape index (κ2) is 12.4. The fourth-order valence-corrected chi connectivity index (χ4v) is 3.08. The van der Waals surface area contributed by atoms with Crippen molar-refractivity contribution in [2.24, 2.45) is 5.73 Å². The molecule has 0 aliphatic heterocycles. The van der Waals surface area contributed by atoms with E-state index in [1.807, 2.05) is 13.0 Å². The van der Waals surface area contributed by atoms with Crippen LogP contribution < -0.4 is 16.4 Å². The van der Waals surface area contributed by atoms with Crippen LogP contribution in [0.2, 0.25) is 0 Å². The van der Waals surface area contributed by atoms with E-state index in [4.69, 9.17) is 16.9 Å². The number of amides is 4. The van der Waals surface area contributed by atoms with E-state index in [0.717, 1.165) is 17.6 Å². The van der Waals surface area contributed by atoms with Gasteiger partial charge in [-0.2, -0.15) is 0 Å². The molecule has 0 heterocycles. The van der Waals surface area contributed by atoms with Crippen molar-refractivity contribution in [1.82, 2.24) is 15.5 Å². The molecule has 0 fully saturated rings. The zero-order valence-corrected chi connectivity index (χ0v) is 20.8. The van der Waals surface area contributed by atoms with Crippen LogP contribution in [0.5, 0.6) is 0 Å². The first kappa shape index (κ1) is 29.0. The Labute approximate surface area is 204 Å². The maximum atomic E-state index is 13.5. The number of nitrogens with zero attached hydrogens (tertiary/aromatic N) is 1. The van der Waals surface area contributed by atoms with Crippen LogP contribution >= 0.6 is 0 Å². The Bertz CT molecular complexity index is 1020. The molecule has 0 saturated carbocycles. The fraction of sp³-hybridized carbons (Fsp3) is 0.458. The molecule has 35 heavy (non-hydrogen) atoms. The van der Waals surface area contributed by atoms with Crippen molar-refractivity contribution < 1.29 is 33.4 Å². The molecule has 0 aliphatic carbocycles. The lowest BCUT2D eigenvalue weighted by molar-refractivity contribution is -0.143. The third kappa shape index (κ3) is 8.66. The van der Waals surface area contributed by atoms with Crippen molar-refractivity contribution in [3.8, 4) is 12.5 Å². The van der Waals surface area contributed by atoms with Gasteiger partial charge in [-0.3, -0.25) is 24.1 Å². The number of esters is 1. The summed E-state index contributed by atoms with van der Waals surface area (Å²) in [6.07, 6.45) is 4.07. The summed E-state index contributed by atoms with van der Waals surface area (Å²) in [7, 11) is 1.16. The zero-order valence-electron chi connectivity index (χ0n) is 20.8. The van der Waals surface area contributed by atoms with E-state index in [9.17, 15) is 24.0 Å². The number of primary amides is 1. The molecule has 4 amide bonds. The van der Waals surface area contributed by atoms with Gasteiger partial charge in [0.2, 0.25) is 11.8 Å². The molecule has 0 saturated heterocycles. The lowest BCUT2D eigenvalue weighted by Crippen LogP contribution is -2.53. The predicted octanol–water partition coefficient (Wildman–Crippen LogP) is 0.822. The normalized spacial score (nSPS) is 12.4. The number of rotatable bonds is 9. The number of carbonyl (C=O) groups excluding carboxylic acids is 5. The number of alkyl carbamates (subject to hydrolysis) is 1. The Morgan fingerprint density at radius 2 is 1.80 bits per heavy atom. The van der Waals surface area contributed by atoms with E-state index in [0.29, 0.717) is 11.1 Å². The third-order valence-electron chi connectivity index (χ3n) is 4.85. The van der Waals surface area contributed by atoms with Crippen LogP contribution in [0.25, 0.3) is 0 Å². The van der Waals surface area contributed by atoms with Crippen LogP contribution in [0, 0.1) is 26.3 Å². The van der Waals surface area contributed by atoms with Gasteiger partial charge in [0.1, 0.15) is 24.2 Å². The Hall–Kier alpha value is -4.07. The summed E-state index contributed by atoms with van der Waals surface area (Å²) in [5, 5.41) is 4.69. The minimum Gasteiger partial charge on any atom is -0.468 e. The number of carbonyl (C=O) groups is 5. The van der Waals surface area contributed by atoms with Crippen molar-refractivity contribution in [3.05, 3.63) is 34.9 Å². The first-order valence-electron chi connectivity index (χ1n) is 10.7. The second-order valence-corrected chi connectivity index (χ2v) is 8.69. The molecule has 0 spiro atoms. The van der Waals surface area contributed by atoms with Crippen LogP contribution in [-0.2, 0) is 28.7 Å². The summed E-state index contributed by atoms with van der Waals surface area (Å²) >= 11 is 0. The molecule has 0 aromatic heterocycles. The van der Waals surface area contributed by atoms with Gasteiger partial charge in [-0.25, -0.2) is 4.79 Å². The van der Waals surface area contributed by atoms with Gasteiger partial charge in [0.25, 0.3) is 5.91 Å². The topological polar surface area (TPSA) is 157 Å². The highest BCUT2D eigenvalue weighted by atomic mass is 16.6. The van der Waals surface area contributed by atoms with E-state index < -0.39 is 60.4 Å². The summed E-state index contributed by atoms with van der Waals surface area (Å²) in [6, 6.07) is 4.35. The molecule has 11 heteroatoms. The number of nitrogens with two attached hydrogens (primary N) is 1. The van der Waals surface area contributed by atoms with Gasteiger partial charge in [-0.15, -0.1) is 0 Å². The maximum Gasteiger partial charge on any atom is 0.408 e. The Kier molecular flexibility index (Phi) is 10.3. The molecule has 11 nitrogen and oxygen atoms in total. The summed E-state index contributed by atoms with van der Waals surface area (Å²) in [4.78, 5) is 62.9. The summed E-state index contributed by atoms with van der Waals surface area (Å²) < 4.78 is 9.70. The van der Waals surface area contributed by atoms with Crippen molar-refractivity contribution >= 4 is 29.8 Å². The van der Waals surface area contributed by atoms with Crippen LogP contribution in [0.15, 0.2) is 18.2 Å². The molecular formula is C24H32N4O7. The van der Waals surface area contributed by atoms with Crippen molar-refractivity contribution in [3.63, 3.8) is 0 Å². The van der Waals surface area contributed by atoms with Gasteiger partial charge in [0.05, 0.1) is 13.5 Å². The fourth-order valence-electron chi connectivity index (χ4n) is 3.08. The molecule has 2 atom stereocenters. The van der Waals surface area contributed by atoms with Gasteiger partial charge in [0.15, 0.2) is 0 Å². The average Bonchev–Trinajstić information content (AvgIpc) is 2.75. The van der Waals surface area contributed by atoms with Crippen LogP contribution in [0.1, 0.15) is 49.9 Å². The Balaban J connectivity index is 3.46. The highest BCUT2D eigenvalue weighted by molar-refractivity contribution is 5.96. The number of hydrogen-bond donors (Lipinski definition) is 3. The van der Waals surface area contributed by atoms with E-state index >= 15 is 0 Å². The van der Waals surface area contributed by atoms with Gasteiger partial charge < -0.3 is 25.8 Å². The Morgan fingerprint density at radius 3 is 2.31 bits per heavy atom. The molecule has 0 aliphatic rings. The van der Waals surface area contributed by atoms with Crippen LogP contribution in [0.4, 0.5) is 4.79 Å². The van der Waals surface area contributed by atoms with E-state index in [1.165, 1.54) is 0 Å². The standard InChI is InChI=1S/C24H32N4O7/c1-8-28(22(32)17(12-18(25)29)27-23(33)35-24(4,5)6)20(21(31)26-13-19(30)34-7)16-11-9-10-14(2)15(16)3/h1,9-11,17,20H,12-13H2,2-7H3,(H2,25,29)(H,26,31)(H,27,33). The minimum atomic E-state index is -1.51. The number of ether oxygens (including phenoxy) is 2. The minimum absolute atomic E-state index is 0.383. The number of aryl methyl sites for hydroxylation is 1. The van der Waals surface area contributed by atoms with E-state index in [2.05, 4.69) is 21.4 Å². The van der Waals surface area contributed by atoms with Gasteiger partial charge in [-0.05, 0) is 51.3 Å². The zero-order chi connectivity index (χ0) is 26.9. The summed E-state index contributed by atoms with van der Waals surface area (Å²) in [5.74, 6) is -3.33. The van der Waals surface area contributed by atoms with Crippen LogP contribution in [-0.4, -0.2) is 60.0 Å². The van der Waals surface area contributed by atoms with Crippen molar-refractivity contribution in [1.29, 1.82) is 0 Å². The van der Waals surface area contributed by atoms with E-state index in [-0.39, 0.29) is 0 Å². The summed E-state index contributed by atoms with van der Waals surface area (Å²) in [6.45, 7) is 7.94. The molecule has 190 valence electrons. The van der Waals surface area contributed by atoms with E-state index in [1.54, 1.807) is 39.8 Å². The smallest absolute Gasteiger partial charge is 0.408 e. The highest BCUT2D eigenvalue weighted by Gasteiger charge is 2.37. The highest BCUT2D eigenvalue weighted by Crippen LogP contribution is 2.27. The number of nitrogens with one attached hydrogen (secondary N) is 2. The lowest BCUT2D eigenvalue weighted by atomic mass is 9.95. The third-order valence-corrected chi connectivity index (χ3v) is 4.85. The van der Waals surface area contributed by atoms with Gasteiger partial charge in [0, 0.05) is 6.04 Å². The largest absolute Gasteiger partial charge is 0.468 e. The van der Waals surface area contributed by atoms with Crippen LogP contribution in [0.3, 0.4) is 0 Å². The van der Waals surface area contributed by atoms with Gasteiger partial charge in [-0.1, -0.05) is 24.6 Å². The molecular weight excluding hydrogens is 456 g/mol. The number of hydrogen-bond acceptors (Lipinski definition) is 7. The lowest BCUT2D eigenvalue weighted by Gasteiger charge is -2.31. The number of terminal acetylenes is 1. The molecule has 0 radical (unpaired) electrons. The van der Waals surface area contributed by atoms with Crippen molar-refractivity contribution in [2.75, 3.05) is 13.7 Å². The first-order chi connectivity index (χ1) is 16.2. The van der Waals surface area contributed by atoms with Gasteiger partial charge >= 0.3 is 12.1 Å². The van der Waals surface area contributed by atoms with Crippen molar-refractivity contribution in [2.45, 2.75) is 58.7 Å².